The first-order valence-corrected chi connectivity index (χ1v) is 22.4. The highest BCUT2D eigenvalue weighted by Gasteiger charge is 2.82. The van der Waals surface area contributed by atoms with Crippen molar-refractivity contribution in [1.29, 1.82) is 10.5 Å². The molecule has 5 N–H and O–H groups in total. The van der Waals surface area contributed by atoms with E-state index >= 15 is 0 Å². The Balaban J connectivity index is 1.04. The topological polar surface area (TPSA) is 228 Å². The van der Waals surface area contributed by atoms with Crippen LogP contribution in [0.4, 0.5) is 5.82 Å². The Morgan fingerprint density at radius 3 is 2.07 bits per heavy atom. The van der Waals surface area contributed by atoms with Crippen LogP contribution in [0.1, 0.15) is 139 Å². The van der Waals surface area contributed by atoms with Gasteiger partial charge in [0.25, 0.3) is 0 Å². The van der Waals surface area contributed by atoms with E-state index in [1.807, 2.05) is 12.1 Å². The molecule has 3 heterocycles. The number of nitrogens with zero attached hydrogens (tertiary/aromatic N) is 5. The summed E-state index contributed by atoms with van der Waals surface area (Å²) in [4.78, 5) is 14.7. The second-order valence-electron chi connectivity index (χ2n) is 15.8. The minimum atomic E-state index is -4.83. The van der Waals surface area contributed by atoms with Crippen molar-refractivity contribution < 1.29 is 42.9 Å². The largest absolute Gasteiger partial charge is 0.472 e. The van der Waals surface area contributed by atoms with Gasteiger partial charge in [-0.3, -0.25) is 9.05 Å². The summed E-state index contributed by atoms with van der Waals surface area (Å²) >= 11 is 0. The minimum Gasteiger partial charge on any atom is -0.386 e. The van der Waals surface area contributed by atoms with E-state index in [0.29, 0.717) is 34.5 Å². The number of unbranched alkanes of at least 4 members (excludes halogenated alkanes) is 15. The van der Waals surface area contributed by atoms with E-state index in [9.17, 15) is 30.2 Å². The van der Waals surface area contributed by atoms with Crippen LogP contribution in [0.3, 0.4) is 0 Å². The molecule has 7 atom stereocenters. The highest BCUT2D eigenvalue weighted by molar-refractivity contribution is 7.47. The van der Waals surface area contributed by atoms with Crippen molar-refractivity contribution in [3.63, 3.8) is 0 Å². The van der Waals surface area contributed by atoms with Gasteiger partial charge in [0.05, 0.1) is 48.8 Å². The first-order chi connectivity index (χ1) is 28.0. The molecule has 0 spiro atoms. The van der Waals surface area contributed by atoms with E-state index in [0.717, 1.165) is 19.3 Å². The molecule has 5 rings (SSSR count). The fourth-order valence-electron chi connectivity index (χ4n) is 7.82. The molecule has 1 aromatic carbocycles. The highest BCUT2D eigenvalue weighted by atomic mass is 31.2. The summed E-state index contributed by atoms with van der Waals surface area (Å²) < 4.78 is 43.3. The third kappa shape index (κ3) is 11.8. The SMILES string of the molecule is CCCCCCCCCCCCCCCCCCOC[C@H](COP(=O)(O)OC1[C@H]2O[C@@](C)(c3ccc4c(N)ncnn34)[C@H](O)[C@@]12O)OCc1cc(C#N)cc(C#N)c1. The number of benzene rings is 1. The number of ether oxygens (including phenoxy) is 3. The molecule has 318 valence electrons. The number of hydrogen-bond acceptors (Lipinski definition) is 13. The molecule has 0 bridgehead atoms. The standard InChI is InChI=1S/C42H61N6O9P/c1-3-4-5-6-7-8-9-10-11-12-13-14-15-16-17-18-21-53-28-34(54-27-33-23-31(25-43)22-32(24-33)26-44)29-55-58(51,52)57-38-37-42(38,50)40(49)41(2,56-37)36-20-19-35-39(45)46-30-47-48(35)36/h19-20,22-24,30,34,37-38,40,49-50H,3-18,21,27-29H2,1-2H3,(H,51,52)(H2,45,46,47)/t34-,37-,38?,40+,41+,42+/m1/s1. The van der Waals surface area contributed by atoms with Gasteiger partial charge in [-0.25, -0.2) is 14.1 Å². The van der Waals surface area contributed by atoms with Gasteiger partial charge in [0.2, 0.25) is 0 Å². The van der Waals surface area contributed by atoms with E-state index in [-0.39, 0.29) is 19.0 Å². The van der Waals surface area contributed by atoms with Crippen molar-refractivity contribution in [1.82, 2.24) is 14.6 Å². The van der Waals surface area contributed by atoms with E-state index in [1.54, 1.807) is 31.2 Å². The van der Waals surface area contributed by atoms with E-state index in [4.69, 9.17) is 29.0 Å². The average Bonchev–Trinajstić information content (AvgIpc) is 3.45. The quantitative estimate of drug-likeness (QED) is 0.0422. The molecule has 0 amide bonds. The molecule has 3 aromatic rings. The van der Waals surface area contributed by atoms with Crippen LogP contribution in [0.5, 0.6) is 0 Å². The lowest BCUT2D eigenvalue weighted by Crippen LogP contribution is -2.46. The zero-order valence-electron chi connectivity index (χ0n) is 34.0. The number of nitriles is 2. The molecule has 1 saturated carbocycles. The Hall–Kier alpha value is -3.47. The van der Waals surface area contributed by atoms with Gasteiger partial charge in [-0.15, -0.1) is 0 Å². The number of hydrogen-bond donors (Lipinski definition) is 4. The van der Waals surface area contributed by atoms with Crippen molar-refractivity contribution >= 4 is 19.2 Å². The molecule has 1 aliphatic carbocycles. The van der Waals surface area contributed by atoms with Gasteiger partial charge in [0, 0.05) is 6.61 Å². The number of fused-ring (bicyclic) bond motifs is 2. The molecule has 2 unspecified atom stereocenters. The van der Waals surface area contributed by atoms with Crippen LogP contribution < -0.4 is 5.73 Å². The zero-order valence-corrected chi connectivity index (χ0v) is 34.9. The van der Waals surface area contributed by atoms with Gasteiger partial charge in [-0.2, -0.15) is 15.6 Å². The summed E-state index contributed by atoms with van der Waals surface area (Å²) in [6.45, 7) is 3.90. The van der Waals surface area contributed by atoms with Gasteiger partial charge >= 0.3 is 7.82 Å². The zero-order chi connectivity index (χ0) is 41.6. The molecule has 15 nitrogen and oxygen atoms in total. The third-order valence-electron chi connectivity index (χ3n) is 11.3. The summed E-state index contributed by atoms with van der Waals surface area (Å²) in [5, 5.41) is 45.6. The fraction of sp³-hybridized carbons (Fsp3) is 0.667. The van der Waals surface area contributed by atoms with Gasteiger partial charge in [0.15, 0.2) is 11.4 Å². The van der Waals surface area contributed by atoms with Crippen LogP contribution in [-0.2, 0) is 40.0 Å². The first-order valence-electron chi connectivity index (χ1n) is 20.9. The average molecular weight is 825 g/mol. The highest BCUT2D eigenvalue weighted by Crippen LogP contribution is 2.63. The number of aromatic nitrogens is 3. The van der Waals surface area contributed by atoms with Crippen molar-refractivity contribution in [2.75, 3.05) is 25.6 Å². The Morgan fingerprint density at radius 1 is 0.931 bits per heavy atom. The lowest BCUT2D eigenvalue weighted by molar-refractivity contribution is -0.127. The van der Waals surface area contributed by atoms with Crippen LogP contribution in [-0.4, -0.2) is 79.5 Å². The minimum absolute atomic E-state index is 0.0225. The lowest BCUT2D eigenvalue weighted by atomic mass is 9.91. The van der Waals surface area contributed by atoms with E-state index in [2.05, 4.69) is 17.0 Å². The van der Waals surface area contributed by atoms with Crippen molar-refractivity contribution in [2.45, 2.75) is 159 Å². The maximum absolute atomic E-state index is 13.2. The van der Waals surface area contributed by atoms with Crippen LogP contribution in [0.15, 0.2) is 36.7 Å². The Morgan fingerprint density at radius 2 is 1.52 bits per heavy atom. The number of nitrogen functional groups attached to an aromatic ring is 1. The monoisotopic (exact) mass is 824 g/mol. The normalized spacial score (nSPS) is 23.9. The summed E-state index contributed by atoms with van der Waals surface area (Å²) in [7, 11) is -4.83. The third-order valence-corrected chi connectivity index (χ3v) is 12.2. The molecular formula is C42H61N6O9P. The molecule has 58 heavy (non-hydrogen) atoms. The lowest BCUT2D eigenvalue weighted by Gasteiger charge is -2.32. The van der Waals surface area contributed by atoms with Crippen molar-refractivity contribution in [2.24, 2.45) is 0 Å². The molecule has 0 radical (unpaired) electrons. The van der Waals surface area contributed by atoms with Gasteiger partial charge in [-0.1, -0.05) is 103 Å². The van der Waals surface area contributed by atoms with Gasteiger partial charge < -0.3 is 35.1 Å². The number of rotatable bonds is 28. The molecule has 1 saturated heterocycles. The molecule has 2 aromatic heterocycles. The molecule has 1 aliphatic heterocycles. The molecule has 2 aliphatic rings. The number of phosphoric ester groups is 1. The first kappa shape index (κ1) is 45.6. The predicted octanol–water partition coefficient (Wildman–Crippen LogP) is 7.14. The number of phosphoric acid groups is 1. The van der Waals surface area contributed by atoms with Crippen LogP contribution >= 0.6 is 7.82 Å². The molecule has 2 fully saturated rings. The van der Waals surface area contributed by atoms with Crippen molar-refractivity contribution in [3.05, 3.63) is 59.0 Å². The molecule has 16 heteroatoms. The molecular weight excluding hydrogens is 763 g/mol. The van der Waals surface area contributed by atoms with Gasteiger partial charge in [0.1, 0.15) is 41.9 Å². The summed E-state index contributed by atoms with van der Waals surface area (Å²) in [6.07, 6.45) is 16.6. The van der Waals surface area contributed by atoms with Crippen LogP contribution in [0, 0.1) is 22.7 Å². The number of nitrogens with two attached hydrogens (primary N) is 1. The Labute approximate surface area is 342 Å². The maximum Gasteiger partial charge on any atom is 0.472 e. The second kappa shape index (κ2) is 21.7. The number of aliphatic hydroxyl groups excluding tert-OH is 1. The Bertz CT molecular complexity index is 1870. The number of aliphatic hydroxyl groups is 2. The van der Waals surface area contributed by atoms with E-state index < -0.39 is 50.0 Å². The van der Waals surface area contributed by atoms with Gasteiger partial charge in [-0.05, 0) is 49.2 Å². The van der Waals surface area contributed by atoms with Crippen LogP contribution in [0.25, 0.3) is 5.52 Å². The predicted molar refractivity (Wildman–Crippen MR) is 216 cm³/mol. The van der Waals surface area contributed by atoms with Crippen LogP contribution in [0.2, 0.25) is 0 Å². The summed E-state index contributed by atoms with van der Waals surface area (Å²) in [5.41, 5.74) is 4.54. The Kier molecular flexibility index (Phi) is 17.1. The smallest absolute Gasteiger partial charge is 0.386 e. The summed E-state index contributed by atoms with van der Waals surface area (Å²) in [5.74, 6) is 0.219. The second-order valence-corrected chi connectivity index (χ2v) is 17.2. The summed E-state index contributed by atoms with van der Waals surface area (Å²) in [6, 6.07) is 12.0. The fourth-order valence-corrected chi connectivity index (χ4v) is 8.80. The maximum atomic E-state index is 13.2. The van der Waals surface area contributed by atoms with Crippen molar-refractivity contribution in [3.8, 4) is 12.1 Å². The van der Waals surface area contributed by atoms with E-state index in [1.165, 1.54) is 100 Å². The number of anilines is 1.